The number of allylic oxidation sites excluding steroid dienone is 1. The molecule has 2 aromatic rings. The number of aromatic nitrogens is 2. The number of fused-ring (bicyclic) bond motifs is 1. The standard InChI is InChI=1S/C23H26N2O3/c1-22(2)12-13-23(3,4)20-19(22)24-14-17(25-20)18(26)11-8-15-6-9-16(10-7-15)21(27)28-5/h6-11,14H,12-13H2,1-5H3. The van der Waals surface area contributed by atoms with E-state index >= 15 is 0 Å². The van der Waals surface area contributed by atoms with E-state index in [2.05, 4.69) is 37.4 Å². The second-order valence-corrected chi connectivity index (χ2v) is 8.53. The van der Waals surface area contributed by atoms with Gasteiger partial charge in [0.05, 0.1) is 30.3 Å². The molecule has 0 saturated carbocycles. The van der Waals surface area contributed by atoms with E-state index in [1.807, 2.05) is 0 Å². The molecule has 0 spiro atoms. The molecule has 1 aliphatic rings. The normalized spacial score (nSPS) is 17.2. The van der Waals surface area contributed by atoms with Crippen molar-refractivity contribution >= 4 is 17.8 Å². The highest BCUT2D eigenvalue weighted by atomic mass is 16.5. The lowest BCUT2D eigenvalue weighted by Gasteiger charge is -2.39. The maximum atomic E-state index is 12.6. The molecule has 5 nitrogen and oxygen atoms in total. The fourth-order valence-corrected chi connectivity index (χ4v) is 3.44. The van der Waals surface area contributed by atoms with Crippen molar-refractivity contribution in [1.29, 1.82) is 0 Å². The fraction of sp³-hybridized carbons (Fsp3) is 0.391. The van der Waals surface area contributed by atoms with Gasteiger partial charge in [-0.1, -0.05) is 45.9 Å². The highest BCUT2D eigenvalue weighted by molar-refractivity contribution is 6.05. The predicted octanol–water partition coefficient (Wildman–Crippen LogP) is 4.51. The number of ketones is 1. The number of benzene rings is 1. The van der Waals surface area contributed by atoms with Gasteiger partial charge >= 0.3 is 5.97 Å². The van der Waals surface area contributed by atoms with E-state index in [-0.39, 0.29) is 22.6 Å². The van der Waals surface area contributed by atoms with Crippen molar-refractivity contribution in [3.63, 3.8) is 0 Å². The fourth-order valence-electron chi connectivity index (χ4n) is 3.44. The van der Waals surface area contributed by atoms with Crippen LogP contribution in [-0.2, 0) is 15.6 Å². The van der Waals surface area contributed by atoms with Crippen LogP contribution in [0.5, 0.6) is 0 Å². The highest BCUT2D eigenvalue weighted by Gasteiger charge is 2.39. The number of esters is 1. The van der Waals surface area contributed by atoms with Crippen LogP contribution in [0.2, 0.25) is 0 Å². The first-order valence-corrected chi connectivity index (χ1v) is 9.43. The van der Waals surface area contributed by atoms with Crippen molar-refractivity contribution in [3.8, 4) is 0 Å². The van der Waals surface area contributed by atoms with Crippen molar-refractivity contribution in [2.45, 2.75) is 51.4 Å². The molecule has 1 aromatic carbocycles. The lowest BCUT2D eigenvalue weighted by Crippen LogP contribution is -2.36. The van der Waals surface area contributed by atoms with Crippen LogP contribution in [0.25, 0.3) is 6.08 Å². The van der Waals surface area contributed by atoms with Crippen LogP contribution in [0.4, 0.5) is 0 Å². The van der Waals surface area contributed by atoms with Gasteiger partial charge in [0.15, 0.2) is 0 Å². The molecule has 3 rings (SSSR count). The van der Waals surface area contributed by atoms with Gasteiger partial charge in [-0.3, -0.25) is 9.78 Å². The van der Waals surface area contributed by atoms with E-state index in [1.54, 1.807) is 36.5 Å². The molecule has 0 unspecified atom stereocenters. The average Bonchev–Trinajstić information content (AvgIpc) is 2.69. The third kappa shape index (κ3) is 3.88. The summed E-state index contributed by atoms with van der Waals surface area (Å²) in [6.45, 7) is 8.66. The molecule has 0 amide bonds. The van der Waals surface area contributed by atoms with Crippen LogP contribution in [-0.4, -0.2) is 28.8 Å². The zero-order valence-electron chi connectivity index (χ0n) is 17.1. The molecular formula is C23H26N2O3. The predicted molar refractivity (Wildman–Crippen MR) is 108 cm³/mol. The van der Waals surface area contributed by atoms with Gasteiger partial charge < -0.3 is 4.74 Å². The van der Waals surface area contributed by atoms with E-state index in [1.165, 1.54) is 13.2 Å². The Morgan fingerprint density at radius 3 is 2.21 bits per heavy atom. The van der Waals surface area contributed by atoms with Gasteiger partial charge in [-0.25, -0.2) is 9.78 Å². The van der Waals surface area contributed by atoms with Gasteiger partial charge in [0.2, 0.25) is 5.78 Å². The molecule has 0 bridgehead atoms. The Morgan fingerprint density at radius 1 is 1.00 bits per heavy atom. The van der Waals surface area contributed by atoms with Crippen molar-refractivity contribution in [1.82, 2.24) is 9.97 Å². The number of rotatable bonds is 4. The Kier molecular flexibility index (Phi) is 5.20. The number of nitrogens with zero attached hydrogens (tertiary/aromatic N) is 2. The summed E-state index contributed by atoms with van der Waals surface area (Å²) in [5, 5.41) is 0. The molecule has 1 heterocycles. The minimum Gasteiger partial charge on any atom is -0.465 e. The molecule has 5 heteroatoms. The summed E-state index contributed by atoms with van der Waals surface area (Å²) < 4.78 is 4.68. The van der Waals surface area contributed by atoms with Gasteiger partial charge in [-0.2, -0.15) is 0 Å². The Labute approximate surface area is 165 Å². The topological polar surface area (TPSA) is 69.2 Å². The number of carbonyl (C=O) groups is 2. The summed E-state index contributed by atoms with van der Waals surface area (Å²) in [7, 11) is 1.34. The Morgan fingerprint density at radius 2 is 1.61 bits per heavy atom. The number of hydrogen-bond acceptors (Lipinski definition) is 5. The third-order valence-corrected chi connectivity index (χ3v) is 5.44. The molecule has 0 radical (unpaired) electrons. The minimum atomic E-state index is -0.388. The molecule has 0 saturated heterocycles. The third-order valence-electron chi connectivity index (χ3n) is 5.44. The lowest BCUT2D eigenvalue weighted by atomic mass is 9.67. The maximum absolute atomic E-state index is 12.6. The molecule has 0 aliphatic heterocycles. The van der Waals surface area contributed by atoms with Crippen LogP contribution in [0.3, 0.4) is 0 Å². The van der Waals surface area contributed by atoms with Crippen LogP contribution < -0.4 is 0 Å². The second kappa shape index (κ2) is 7.30. The monoisotopic (exact) mass is 378 g/mol. The molecule has 1 aromatic heterocycles. The number of ether oxygens (including phenoxy) is 1. The van der Waals surface area contributed by atoms with Crippen LogP contribution in [0.15, 0.2) is 36.5 Å². The first-order valence-electron chi connectivity index (χ1n) is 9.43. The molecule has 0 atom stereocenters. The molecule has 1 aliphatic carbocycles. The van der Waals surface area contributed by atoms with Crippen molar-refractivity contribution in [3.05, 3.63) is 64.7 Å². The van der Waals surface area contributed by atoms with E-state index in [4.69, 9.17) is 4.98 Å². The Bertz CT molecular complexity index is 941. The quantitative estimate of drug-likeness (QED) is 0.445. The zero-order valence-corrected chi connectivity index (χ0v) is 17.1. The van der Waals surface area contributed by atoms with Gasteiger partial charge in [-0.05, 0) is 36.6 Å². The van der Waals surface area contributed by atoms with Gasteiger partial charge in [0.25, 0.3) is 0 Å². The summed E-state index contributed by atoms with van der Waals surface area (Å²) in [5.74, 6) is -0.576. The molecule has 0 fully saturated rings. The van der Waals surface area contributed by atoms with Crippen LogP contribution in [0.1, 0.15) is 78.3 Å². The van der Waals surface area contributed by atoms with E-state index < -0.39 is 0 Å². The molecule has 0 N–H and O–H groups in total. The highest BCUT2D eigenvalue weighted by Crippen LogP contribution is 2.43. The van der Waals surface area contributed by atoms with E-state index in [9.17, 15) is 9.59 Å². The summed E-state index contributed by atoms with van der Waals surface area (Å²) in [4.78, 5) is 33.4. The van der Waals surface area contributed by atoms with Crippen LogP contribution in [0, 0.1) is 0 Å². The first-order chi connectivity index (χ1) is 13.1. The van der Waals surface area contributed by atoms with Gasteiger partial charge in [0, 0.05) is 10.8 Å². The Balaban J connectivity index is 1.83. The lowest BCUT2D eigenvalue weighted by molar-refractivity contribution is 0.0600. The summed E-state index contributed by atoms with van der Waals surface area (Å²) >= 11 is 0. The maximum Gasteiger partial charge on any atom is 0.337 e. The first kappa shape index (κ1) is 19.9. The second-order valence-electron chi connectivity index (χ2n) is 8.53. The average molecular weight is 378 g/mol. The summed E-state index contributed by atoms with van der Waals surface area (Å²) in [6, 6.07) is 6.86. The molecule has 146 valence electrons. The number of methoxy groups -OCH3 is 1. The smallest absolute Gasteiger partial charge is 0.337 e. The summed E-state index contributed by atoms with van der Waals surface area (Å²) in [5.41, 5.74) is 3.42. The number of carbonyl (C=O) groups excluding carboxylic acids is 2. The summed E-state index contributed by atoms with van der Waals surface area (Å²) in [6.07, 6.45) is 6.84. The molecular weight excluding hydrogens is 352 g/mol. The van der Waals surface area contributed by atoms with Gasteiger partial charge in [-0.15, -0.1) is 0 Å². The zero-order chi connectivity index (χ0) is 20.5. The van der Waals surface area contributed by atoms with Gasteiger partial charge in [0.1, 0.15) is 5.69 Å². The van der Waals surface area contributed by atoms with Crippen molar-refractivity contribution in [2.24, 2.45) is 0 Å². The largest absolute Gasteiger partial charge is 0.465 e. The minimum absolute atomic E-state index is 0.0311. The SMILES string of the molecule is COC(=O)c1ccc(C=CC(=O)c2cnc3c(n2)C(C)(C)CCC3(C)C)cc1. The van der Waals surface area contributed by atoms with Crippen molar-refractivity contribution < 1.29 is 14.3 Å². The molecule has 28 heavy (non-hydrogen) atoms. The number of hydrogen-bond donors (Lipinski definition) is 0. The van der Waals surface area contributed by atoms with Crippen molar-refractivity contribution in [2.75, 3.05) is 7.11 Å². The van der Waals surface area contributed by atoms with E-state index in [0.717, 1.165) is 29.8 Å². The Hall–Kier alpha value is -2.82. The van der Waals surface area contributed by atoms with E-state index in [0.29, 0.717) is 11.3 Å². The van der Waals surface area contributed by atoms with Crippen LogP contribution >= 0.6 is 0 Å².